The molecular formula is C22H23N5O4. The predicted molar refractivity (Wildman–Crippen MR) is 118 cm³/mol. The molecule has 0 aliphatic heterocycles. The zero-order valence-electron chi connectivity index (χ0n) is 17.6. The van der Waals surface area contributed by atoms with Gasteiger partial charge in [-0.3, -0.25) is 14.4 Å². The van der Waals surface area contributed by atoms with Crippen LogP contribution < -0.4 is 16.0 Å². The SMILES string of the molecule is CCOC(=O)Cn1nc2n(Cc3ccc(N(C)C)cc3)c3ccccc3n2c(=O)c1=O. The van der Waals surface area contributed by atoms with Gasteiger partial charge in [-0.25, -0.2) is 9.08 Å². The van der Waals surface area contributed by atoms with Crippen molar-refractivity contribution < 1.29 is 9.53 Å². The van der Waals surface area contributed by atoms with Crippen molar-refractivity contribution in [2.24, 2.45) is 0 Å². The van der Waals surface area contributed by atoms with Crippen LogP contribution in [0.4, 0.5) is 5.69 Å². The Morgan fingerprint density at radius 3 is 2.32 bits per heavy atom. The van der Waals surface area contributed by atoms with E-state index in [1.165, 1.54) is 4.40 Å². The van der Waals surface area contributed by atoms with Gasteiger partial charge in [0.05, 0.1) is 24.2 Å². The molecule has 0 N–H and O–H groups in total. The molecule has 0 spiro atoms. The van der Waals surface area contributed by atoms with Gasteiger partial charge in [0.1, 0.15) is 6.54 Å². The Labute approximate surface area is 177 Å². The molecule has 0 fully saturated rings. The molecule has 0 saturated carbocycles. The van der Waals surface area contributed by atoms with Gasteiger partial charge in [0.2, 0.25) is 5.78 Å². The van der Waals surface area contributed by atoms with Crippen LogP contribution in [0.15, 0.2) is 58.1 Å². The van der Waals surface area contributed by atoms with E-state index in [0.29, 0.717) is 12.1 Å². The summed E-state index contributed by atoms with van der Waals surface area (Å²) in [5, 5.41) is 4.36. The lowest BCUT2D eigenvalue weighted by atomic mass is 10.2. The Morgan fingerprint density at radius 2 is 1.68 bits per heavy atom. The van der Waals surface area contributed by atoms with Crippen LogP contribution >= 0.6 is 0 Å². The van der Waals surface area contributed by atoms with Crippen LogP contribution in [0.1, 0.15) is 12.5 Å². The summed E-state index contributed by atoms with van der Waals surface area (Å²) in [6, 6.07) is 15.3. The minimum absolute atomic E-state index is 0.179. The van der Waals surface area contributed by atoms with Crippen molar-refractivity contribution in [3.05, 3.63) is 74.8 Å². The summed E-state index contributed by atoms with van der Waals surface area (Å²) in [6.45, 7) is 1.87. The number of carbonyl (C=O) groups is 1. The van der Waals surface area contributed by atoms with Crippen LogP contribution in [0.3, 0.4) is 0 Å². The average molecular weight is 421 g/mol. The summed E-state index contributed by atoms with van der Waals surface area (Å²) in [4.78, 5) is 39.4. The average Bonchev–Trinajstić information content (AvgIpc) is 3.06. The number of esters is 1. The molecule has 0 amide bonds. The number of aromatic nitrogens is 4. The van der Waals surface area contributed by atoms with Crippen LogP contribution in [0.5, 0.6) is 0 Å². The van der Waals surface area contributed by atoms with Crippen molar-refractivity contribution in [1.29, 1.82) is 0 Å². The maximum Gasteiger partial charge on any atom is 0.333 e. The summed E-state index contributed by atoms with van der Waals surface area (Å²) >= 11 is 0. The summed E-state index contributed by atoms with van der Waals surface area (Å²) in [5.41, 5.74) is 1.79. The van der Waals surface area contributed by atoms with Crippen LogP contribution in [-0.4, -0.2) is 45.4 Å². The second-order valence-electron chi connectivity index (χ2n) is 7.34. The lowest BCUT2D eigenvalue weighted by molar-refractivity contribution is -0.144. The fraction of sp³-hybridized carbons (Fsp3) is 0.273. The number of carbonyl (C=O) groups excluding carboxylic acids is 1. The van der Waals surface area contributed by atoms with E-state index in [1.807, 2.05) is 60.0 Å². The molecule has 0 saturated heterocycles. The van der Waals surface area contributed by atoms with Crippen LogP contribution in [0.2, 0.25) is 0 Å². The molecule has 160 valence electrons. The van der Waals surface area contributed by atoms with E-state index in [0.717, 1.165) is 21.4 Å². The van der Waals surface area contributed by atoms with Gasteiger partial charge in [-0.15, -0.1) is 5.10 Å². The topological polar surface area (TPSA) is 90.8 Å². The van der Waals surface area contributed by atoms with E-state index in [1.54, 1.807) is 19.1 Å². The molecule has 9 nitrogen and oxygen atoms in total. The Hall–Kier alpha value is -3.88. The largest absolute Gasteiger partial charge is 0.465 e. The monoisotopic (exact) mass is 421 g/mol. The van der Waals surface area contributed by atoms with E-state index < -0.39 is 23.6 Å². The number of ether oxygens (including phenoxy) is 1. The minimum atomic E-state index is -0.871. The lowest BCUT2D eigenvalue weighted by Crippen LogP contribution is -2.42. The number of anilines is 1. The molecule has 2 aromatic heterocycles. The number of imidazole rings is 1. The zero-order valence-corrected chi connectivity index (χ0v) is 17.6. The second kappa shape index (κ2) is 8.10. The van der Waals surface area contributed by atoms with Crippen LogP contribution in [-0.2, 0) is 22.6 Å². The molecule has 0 atom stereocenters. The van der Waals surface area contributed by atoms with E-state index in [2.05, 4.69) is 5.10 Å². The molecule has 4 aromatic rings. The molecule has 31 heavy (non-hydrogen) atoms. The summed E-state index contributed by atoms with van der Waals surface area (Å²) in [7, 11) is 3.95. The van der Waals surface area contributed by atoms with Gasteiger partial charge in [0, 0.05) is 19.8 Å². The van der Waals surface area contributed by atoms with Gasteiger partial charge in [0.25, 0.3) is 0 Å². The van der Waals surface area contributed by atoms with Gasteiger partial charge in [-0.2, -0.15) is 0 Å². The normalized spacial score (nSPS) is 11.2. The van der Waals surface area contributed by atoms with Gasteiger partial charge >= 0.3 is 17.1 Å². The first-order chi connectivity index (χ1) is 14.9. The number of rotatable bonds is 6. The molecular weight excluding hydrogens is 398 g/mol. The van der Waals surface area contributed by atoms with Gasteiger partial charge < -0.3 is 14.2 Å². The fourth-order valence-electron chi connectivity index (χ4n) is 3.55. The van der Waals surface area contributed by atoms with Crippen molar-refractivity contribution in [3.63, 3.8) is 0 Å². The zero-order chi connectivity index (χ0) is 22.1. The van der Waals surface area contributed by atoms with E-state index in [4.69, 9.17) is 4.74 Å². The van der Waals surface area contributed by atoms with Crippen molar-refractivity contribution in [3.8, 4) is 0 Å². The highest BCUT2D eigenvalue weighted by Gasteiger charge is 2.19. The van der Waals surface area contributed by atoms with Crippen LogP contribution in [0.25, 0.3) is 16.8 Å². The molecule has 0 radical (unpaired) electrons. The number of benzene rings is 2. The lowest BCUT2D eigenvalue weighted by Gasteiger charge is -2.13. The van der Waals surface area contributed by atoms with Gasteiger partial charge in [-0.1, -0.05) is 24.3 Å². The van der Waals surface area contributed by atoms with Crippen molar-refractivity contribution >= 4 is 28.5 Å². The quantitative estimate of drug-likeness (QED) is 0.346. The Morgan fingerprint density at radius 1 is 1.00 bits per heavy atom. The fourth-order valence-corrected chi connectivity index (χ4v) is 3.55. The molecule has 0 aliphatic rings. The maximum atomic E-state index is 12.9. The van der Waals surface area contributed by atoms with Gasteiger partial charge in [-0.05, 0) is 36.8 Å². The molecule has 9 heteroatoms. The van der Waals surface area contributed by atoms with Crippen LogP contribution in [0, 0.1) is 0 Å². The summed E-state index contributed by atoms with van der Waals surface area (Å²) in [6.07, 6.45) is 0. The number of hydrogen-bond acceptors (Lipinski definition) is 6. The number of nitrogens with zero attached hydrogens (tertiary/aromatic N) is 5. The molecule has 0 aliphatic carbocycles. The highest BCUT2D eigenvalue weighted by molar-refractivity contribution is 5.80. The molecule has 2 aromatic carbocycles. The Kier molecular flexibility index (Phi) is 5.33. The smallest absolute Gasteiger partial charge is 0.333 e. The van der Waals surface area contributed by atoms with E-state index in [9.17, 15) is 14.4 Å². The van der Waals surface area contributed by atoms with Gasteiger partial charge in [0.15, 0.2) is 0 Å². The first kappa shape index (κ1) is 20.4. The van der Waals surface area contributed by atoms with E-state index in [-0.39, 0.29) is 12.4 Å². The third kappa shape index (κ3) is 3.70. The highest BCUT2D eigenvalue weighted by Crippen LogP contribution is 2.20. The van der Waals surface area contributed by atoms with E-state index >= 15 is 0 Å². The van der Waals surface area contributed by atoms with Crippen molar-refractivity contribution in [1.82, 2.24) is 18.7 Å². The first-order valence-corrected chi connectivity index (χ1v) is 9.93. The number of para-hydroxylation sites is 2. The Balaban J connectivity index is 1.90. The highest BCUT2D eigenvalue weighted by atomic mass is 16.5. The first-order valence-electron chi connectivity index (χ1n) is 9.93. The van der Waals surface area contributed by atoms with Crippen molar-refractivity contribution in [2.75, 3.05) is 25.6 Å². The number of fused-ring (bicyclic) bond motifs is 3. The number of hydrogen-bond donors (Lipinski definition) is 0. The summed E-state index contributed by atoms with van der Waals surface area (Å²) in [5.74, 6) is -0.338. The molecule has 2 heterocycles. The Bertz CT molecular complexity index is 1380. The summed E-state index contributed by atoms with van der Waals surface area (Å²) < 4.78 is 8.95. The molecule has 0 bridgehead atoms. The third-order valence-corrected chi connectivity index (χ3v) is 5.06. The predicted octanol–water partition coefficient (Wildman–Crippen LogP) is 1.49. The minimum Gasteiger partial charge on any atom is -0.465 e. The second-order valence-corrected chi connectivity index (χ2v) is 7.34. The maximum absolute atomic E-state index is 12.9. The standard InChI is InChI=1S/C22H23N5O4/c1-4-31-19(28)14-26-20(29)21(30)27-18-8-6-5-7-17(18)25(22(27)23-26)13-15-9-11-16(12-10-15)24(2)3/h5-12H,4,13-14H2,1-3H3. The van der Waals surface area contributed by atoms with Crippen molar-refractivity contribution in [2.45, 2.75) is 20.0 Å². The molecule has 0 unspecified atom stereocenters. The third-order valence-electron chi connectivity index (χ3n) is 5.06. The molecule has 4 rings (SSSR count).